The Balaban J connectivity index is 2.03. The van der Waals surface area contributed by atoms with Crippen LogP contribution in [-0.2, 0) is 0 Å². The summed E-state index contributed by atoms with van der Waals surface area (Å²) in [5.74, 6) is 1.74. The second-order valence-electron chi connectivity index (χ2n) is 3.64. The average Bonchev–Trinajstić information content (AvgIpc) is 2.82. The van der Waals surface area contributed by atoms with E-state index in [0.29, 0.717) is 6.04 Å². The van der Waals surface area contributed by atoms with Crippen molar-refractivity contribution in [1.82, 2.24) is 4.98 Å². The summed E-state index contributed by atoms with van der Waals surface area (Å²) >= 11 is 0. The average molecular weight is 177 g/mol. The number of rotatable bonds is 3. The summed E-state index contributed by atoms with van der Waals surface area (Å²) in [5.41, 5.74) is 1.16. The van der Waals surface area contributed by atoms with Gasteiger partial charge < -0.3 is 10.6 Å². The van der Waals surface area contributed by atoms with Gasteiger partial charge >= 0.3 is 0 Å². The van der Waals surface area contributed by atoms with Gasteiger partial charge in [0.2, 0.25) is 0 Å². The van der Waals surface area contributed by atoms with Crippen LogP contribution in [0.5, 0.6) is 0 Å². The van der Waals surface area contributed by atoms with Crippen LogP contribution in [0.15, 0.2) is 18.3 Å². The minimum absolute atomic E-state index is 0.673. The molecule has 1 aromatic heterocycles. The maximum atomic E-state index is 4.15. The summed E-state index contributed by atoms with van der Waals surface area (Å²) in [7, 11) is 1.88. The van der Waals surface area contributed by atoms with Crippen LogP contribution in [0, 0.1) is 5.92 Å². The molecule has 3 heteroatoms. The molecule has 0 aromatic carbocycles. The Bertz CT molecular complexity index is 298. The maximum absolute atomic E-state index is 4.15. The summed E-state index contributed by atoms with van der Waals surface area (Å²) < 4.78 is 0. The molecule has 0 saturated heterocycles. The van der Waals surface area contributed by atoms with Crippen molar-refractivity contribution in [2.24, 2.45) is 5.92 Å². The molecule has 2 N–H and O–H groups in total. The Morgan fingerprint density at radius 1 is 1.54 bits per heavy atom. The molecule has 2 rings (SSSR count). The number of hydrogen-bond donors (Lipinski definition) is 2. The summed E-state index contributed by atoms with van der Waals surface area (Å²) in [5, 5.41) is 6.48. The fourth-order valence-corrected chi connectivity index (χ4v) is 1.39. The van der Waals surface area contributed by atoms with Crippen LogP contribution >= 0.6 is 0 Å². The minimum atomic E-state index is 0.673. The van der Waals surface area contributed by atoms with E-state index in [2.05, 4.69) is 22.5 Å². The number of nitrogens with zero attached hydrogens (tertiary/aromatic N) is 1. The normalized spacial score (nSPS) is 25.4. The lowest BCUT2D eigenvalue weighted by molar-refractivity contribution is 0.929. The standard InChI is InChI=1S/C10H15N3/c1-7-5-9(7)13-8-3-4-12-10(6-8)11-2/h3-4,6-7,9H,5H2,1-2H3,(H2,11,12,13). The molecule has 0 bridgehead atoms. The molecule has 1 heterocycles. The zero-order valence-electron chi connectivity index (χ0n) is 8.04. The highest BCUT2D eigenvalue weighted by atomic mass is 15.0. The molecule has 1 saturated carbocycles. The Hall–Kier alpha value is -1.25. The van der Waals surface area contributed by atoms with E-state index in [0.717, 1.165) is 17.4 Å². The van der Waals surface area contributed by atoms with Gasteiger partial charge in [0.1, 0.15) is 5.82 Å². The van der Waals surface area contributed by atoms with Gasteiger partial charge in [-0.15, -0.1) is 0 Å². The van der Waals surface area contributed by atoms with Gasteiger partial charge in [-0.05, 0) is 18.4 Å². The first kappa shape index (κ1) is 8.35. The minimum Gasteiger partial charge on any atom is -0.382 e. The SMILES string of the molecule is CNc1cc(NC2CC2C)ccn1. The van der Waals surface area contributed by atoms with E-state index in [9.17, 15) is 0 Å². The van der Waals surface area contributed by atoms with Crippen LogP contribution < -0.4 is 10.6 Å². The number of anilines is 2. The molecule has 2 atom stereocenters. The molecule has 1 aromatic rings. The topological polar surface area (TPSA) is 37.0 Å². The third-order valence-corrected chi connectivity index (χ3v) is 2.48. The van der Waals surface area contributed by atoms with E-state index < -0.39 is 0 Å². The smallest absolute Gasteiger partial charge is 0.127 e. The molecule has 0 aliphatic heterocycles. The van der Waals surface area contributed by atoms with Gasteiger partial charge in [-0.25, -0.2) is 4.98 Å². The molecule has 1 fully saturated rings. The first-order valence-corrected chi connectivity index (χ1v) is 4.70. The number of aromatic nitrogens is 1. The Morgan fingerprint density at radius 2 is 2.31 bits per heavy atom. The van der Waals surface area contributed by atoms with Gasteiger partial charge in [-0.1, -0.05) is 6.92 Å². The monoisotopic (exact) mass is 177 g/mol. The van der Waals surface area contributed by atoms with E-state index in [-0.39, 0.29) is 0 Å². The van der Waals surface area contributed by atoms with E-state index >= 15 is 0 Å². The zero-order chi connectivity index (χ0) is 9.26. The Labute approximate surface area is 78.6 Å². The maximum Gasteiger partial charge on any atom is 0.127 e. The van der Waals surface area contributed by atoms with Crippen molar-refractivity contribution in [3.8, 4) is 0 Å². The summed E-state index contributed by atoms with van der Waals surface area (Å²) in [4.78, 5) is 4.15. The first-order valence-electron chi connectivity index (χ1n) is 4.70. The fourth-order valence-electron chi connectivity index (χ4n) is 1.39. The highest BCUT2D eigenvalue weighted by Gasteiger charge is 2.32. The fraction of sp³-hybridized carbons (Fsp3) is 0.500. The van der Waals surface area contributed by atoms with Crippen molar-refractivity contribution >= 4 is 11.5 Å². The van der Waals surface area contributed by atoms with E-state index in [4.69, 9.17) is 0 Å². The third-order valence-electron chi connectivity index (χ3n) is 2.48. The van der Waals surface area contributed by atoms with Crippen LogP contribution in [0.4, 0.5) is 11.5 Å². The van der Waals surface area contributed by atoms with E-state index in [1.165, 1.54) is 6.42 Å². The quantitative estimate of drug-likeness (QED) is 0.741. The molecule has 70 valence electrons. The van der Waals surface area contributed by atoms with Gasteiger partial charge in [0.25, 0.3) is 0 Å². The van der Waals surface area contributed by atoms with Crippen LogP contribution in [-0.4, -0.2) is 18.1 Å². The van der Waals surface area contributed by atoms with Gasteiger partial charge in [-0.3, -0.25) is 0 Å². The lowest BCUT2D eigenvalue weighted by Crippen LogP contribution is -2.04. The second kappa shape index (κ2) is 3.24. The molecule has 0 amide bonds. The Morgan fingerprint density at radius 3 is 2.92 bits per heavy atom. The number of hydrogen-bond acceptors (Lipinski definition) is 3. The molecule has 0 spiro atoms. The molecule has 0 radical (unpaired) electrons. The molecular formula is C10H15N3. The molecule has 1 aliphatic rings. The van der Waals surface area contributed by atoms with Crippen molar-refractivity contribution in [3.05, 3.63) is 18.3 Å². The zero-order valence-corrected chi connectivity index (χ0v) is 8.04. The highest BCUT2D eigenvalue weighted by Crippen LogP contribution is 2.32. The number of nitrogens with one attached hydrogen (secondary N) is 2. The van der Waals surface area contributed by atoms with Gasteiger partial charge in [0.15, 0.2) is 0 Å². The largest absolute Gasteiger partial charge is 0.382 e. The van der Waals surface area contributed by atoms with Crippen LogP contribution in [0.2, 0.25) is 0 Å². The van der Waals surface area contributed by atoms with Crippen LogP contribution in [0.3, 0.4) is 0 Å². The van der Waals surface area contributed by atoms with Crippen LogP contribution in [0.25, 0.3) is 0 Å². The second-order valence-corrected chi connectivity index (χ2v) is 3.64. The predicted octanol–water partition coefficient (Wildman–Crippen LogP) is 1.94. The van der Waals surface area contributed by atoms with Crippen molar-refractivity contribution in [3.63, 3.8) is 0 Å². The van der Waals surface area contributed by atoms with E-state index in [1.807, 2.05) is 25.4 Å². The molecule has 3 nitrogen and oxygen atoms in total. The van der Waals surface area contributed by atoms with Crippen LogP contribution in [0.1, 0.15) is 13.3 Å². The lowest BCUT2D eigenvalue weighted by Gasteiger charge is -2.06. The predicted molar refractivity (Wildman–Crippen MR) is 55.0 cm³/mol. The van der Waals surface area contributed by atoms with Gasteiger partial charge in [-0.2, -0.15) is 0 Å². The van der Waals surface area contributed by atoms with E-state index in [1.54, 1.807) is 0 Å². The van der Waals surface area contributed by atoms with Crippen molar-refractivity contribution in [1.29, 1.82) is 0 Å². The van der Waals surface area contributed by atoms with Gasteiger partial charge in [0.05, 0.1) is 0 Å². The Kier molecular flexibility index (Phi) is 2.08. The van der Waals surface area contributed by atoms with Crippen molar-refractivity contribution in [2.45, 2.75) is 19.4 Å². The van der Waals surface area contributed by atoms with Gasteiger partial charge in [0, 0.05) is 31.0 Å². The van der Waals surface area contributed by atoms with Crippen molar-refractivity contribution < 1.29 is 0 Å². The first-order chi connectivity index (χ1) is 6.29. The molecule has 2 unspecified atom stereocenters. The highest BCUT2D eigenvalue weighted by molar-refractivity contribution is 5.52. The third kappa shape index (κ3) is 1.91. The van der Waals surface area contributed by atoms with Crippen molar-refractivity contribution in [2.75, 3.05) is 17.7 Å². The molecule has 13 heavy (non-hydrogen) atoms. The molecule has 1 aliphatic carbocycles. The lowest BCUT2D eigenvalue weighted by atomic mass is 10.3. The summed E-state index contributed by atoms with van der Waals surface area (Å²) in [6, 6.07) is 4.71. The molecular weight excluding hydrogens is 162 g/mol. The summed E-state index contributed by atoms with van der Waals surface area (Å²) in [6.45, 7) is 2.26. The number of pyridine rings is 1. The summed E-state index contributed by atoms with van der Waals surface area (Å²) in [6.07, 6.45) is 3.11.